The quantitative estimate of drug-likeness (QED) is 0.209. The van der Waals surface area contributed by atoms with Crippen LogP contribution in [-0.4, -0.2) is 67.5 Å². The number of nitrogens with two attached hydrogens (primary N) is 1. The summed E-state index contributed by atoms with van der Waals surface area (Å²) in [5, 5.41) is 0.242. The van der Waals surface area contributed by atoms with Gasteiger partial charge in [0.05, 0.1) is 5.02 Å². The van der Waals surface area contributed by atoms with Crippen LogP contribution in [-0.2, 0) is 20.9 Å². The number of piperidine rings is 1. The van der Waals surface area contributed by atoms with Crippen molar-refractivity contribution in [3.63, 3.8) is 0 Å². The highest BCUT2D eigenvalue weighted by molar-refractivity contribution is 6.76. The SMILES string of the molecule is C[Si](C)(C)CCOCN1C(=O)CCC(N2Cc3c(C#CCOc4ccc(C(N)=O)cc4Cl)cccc3C2=O)C1=O. The van der Waals surface area contributed by atoms with Gasteiger partial charge in [0.1, 0.15) is 25.1 Å². The Morgan fingerprint density at radius 1 is 1.18 bits per heavy atom. The third-order valence-electron chi connectivity index (χ3n) is 6.81. The van der Waals surface area contributed by atoms with E-state index < -0.39 is 25.9 Å². The smallest absolute Gasteiger partial charge is 0.255 e. The van der Waals surface area contributed by atoms with Gasteiger partial charge in [0.15, 0.2) is 0 Å². The molecule has 2 aliphatic heterocycles. The second kappa shape index (κ2) is 12.2. The Morgan fingerprint density at radius 3 is 2.65 bits per heavy atom. The number of primary amides is 1. The van der Waals surface area contributed by atoms with Gasteiger partial charge in [0.2, 0.25) is 11.8 Å². The van der Waals surface area contributed by atoms with E-state index in [9.17, 15) is 19.2 Å². The molecular weight excluding hydrogens is 550 g/mol. The second-order valence-corrected chi connectivity index (χ2v) is 17.0. The summed E-state index contributed by atoms with van der Waals surface area (Å²) in [5.41, 5.74) is 7.40. The van der Waals surface area contributed by atoms with Crippen LogP contribution < -0.4 is 10.5 Å². The van der Waals surface area contributed by atoms with Gasteiger partial charge in [-0.25, -0.2) is 0 Å². The first-order valence-corrected chi connectivity index (χ1v) is 17.1. The molecule has 0 saturated carbocycles. The zero-order valence-corrected chi connectivity index (χ0v) is 24.5. The Kier molecular flexibility index (Phi) is 8.98. The van der Waals surface area contributed by atoms with E-state index in [0.29, 0.717) is 23.5 Å². The molecule has 11 heteroatoms. The van der Waals surface area contributed by atoms with Gasteiger partial charge in [-0.05, 0) is 48.4 Å². The highest BCUT2D eigenvalue weighted by Crippen LogP contribution is 2.31. The predicted molar refractivity (Wildman–Crippen MR) is 153 cm³/mol. The summed E-state index contributed by atoms with van der Waals surface area (Å²) in [6.45, 7) is 7.32. The fraction of sp³-hybridized carbons (Fsp3) is 0.379. The Morgan fingerprint density at radius 2 is 1.95 bits per heavy atom. The minimum absolute atomic E-state index is 0.0207. The summed E-state index contributed by atoms with van der Waals surface area (Å²) in [4.78, 5) is 53.0. The van der Waals surface area contributed by atoms with Crippen LogP contribution in [0.3, 0.4) is 0 Å². The molecule has 2 N–H and O–H groups in total. The third kappa shape index (κ3) is 6.73. The molecular formula is C29H32ClN3O6Si. The second-order valence-electron chi connectivity index (χ2n) is 10.9. The van der Waals surface area contributed by atoms with Crippen LogP contribution in [0.25, 0.3) is 0 Å². The average molecular weight is 582 g/mol. The number of carbonyl (C=O) groups excluding carboxylic acids is 4. The standard InChI is InChI=1S/C29H32ClN3O6Si/c1-40(2,3)15-14-38-18-33-26(34)12-10-24(29(33)37)32-17-22-19(6-4-8-21(22)28(32)36)7-5-13-39-25-11-9-20(27(31)35)16-23(25)30/h4,6,8-9,11,16,24H,10,12-15,17-18H2,1-3H3,(H2,31,35). The van der Waals surface area contributed by atoms with Gasteiger partial charge < -0.3 is 20.1 Å². The number of fused-ring (bicyclic) bond motifs is 1. The number of ether oxygens (including phenoxy) is 2. The molecule has 9 nitrogen and oxygen atoms in total. The number of nitrogens with zero attached hydrogens (tertiary/aromatic N) is 2. The van der Waals surface area contributed by atoms with E-state index in [-0.39, 0.29) is 55.1 Å². The van der Waals surface area contributed by atoms with Crippen LogP contribution >= 0.6 is 11.6 Å². The van der Waals surface area contributed by atoms with Crippen molar-refractivity contribution in [2.75, 3.05) is 19.9 Å². The molecule has 0 bridgehead atoms. The third-order valence-corrected chi connectivity index (χ3v) is 8.81. The average Bonchev–Trinajstić information content (AvgIpc) is 3.23. The minimum atomic E-state index is -1.31. The van der Waals surface area contributed by atoms with E-state index in [0.717, 1.165) is 16.5 Å². The number of imide groups is 1. The minimum Gasteiger partial charge on any atom is -0.479 e. The molecule has 0 aromatic heterocycles. The number of hydrogen-bond acceptors (Lipinski definition) is 6. The molecule has 40 heavy (non-hydrogen) atoms. The first kappa shape index (κ1) is 29.3. The summed E-state index contributed by atoms with van der Waals surface area (Å²) in [6.07, 6.45) is 0.438. The Hall–Kier alpha value is -3.65. The van der Waals surface area contributed by atoms with Gasteiger partial charge in [-0.2, -0.15) is 0 Å². The number of benzene rings is 2. The van der Waals surface area contributed by atoms with Gasteiger partial charge >= 0.3 is 0 Å². The predicted octanol–water partition coefficient (Wildman–Crippen LogP) is 3.66. The van der Waals surface area contributed by atoms with Crippen molar-refractivity contribution in [1.29, 1.82) is 0 Å². The molecule has 2 aliphatic rings. The lowest BCUT2D eigenvalue weighted by molar-refractivity contribution is -0.158. The molecule has 210 valence electrons. The van der Waals surface area contributed by atoms with Gasteiger partial charge in [-0.3, -0.25) is 24.1 Å². The van der Waals surface area contributed by atoms with Crippen LogP contribution in [0.5, 0.6) is 5.75 Å². The van der Waals surface area contributed by atoms with Gasteiger partial charge in [-0.15, -0.1) is 0 Å². The molecule has 1 unspecified atom stereocenters. The maximum atomic E-state index is 13.3. The fourth-order valence-corrected chi connectivity index (χ4v) is 5.51. The number of amides is 4. The lowest BCUT2D eigenvalue weighted by atomic mass is 10.0. The highest BCUT2D eigenvalue weighted by atomic mass is 35.5. The van der Waals surface area contributed by atoms with E-state index in [2.05, 4.69) is 31.5 Å². The van der Waals surface area contributed by atoms with Crippen LogP contribution in [0.4, 0.5) is 0 Å². The normalized spacial score (nSPS) is 17.0. The lowest BCUT2D eigenvalue weighted by Crippen LogP contribution is -2.55. The van der Waals surface area contributed by atoms with Crippen molar-refractivity contribution in [2.45, 2.75) is 51.1 Å². The largest absolute Gasteiger partial charge is 0.479 e. The van der Waals surface area contributed by atoms with Crippen molar-refractivity contribution >= 4 is 43.3 Å². The van der Waals surface area contributed by atoms with Crippen molar-refractivity contribution < 1.29 is 28.7 Å². The molecule has 4 amide bonds. The number of carbonyl (C=O) groups is 4. The Bertz CT molecular complexity index is 1410. The van der Waals surface area contributed by atoms with Crippen molar-refractivity contribution in [3.8, 4) is 17.6 Å². The topological polar surface area (TPSA) is 119 Å². The molecule has 1 atom stereocenters. The summed E-state index contributed by atoms with van der Waals surface area (Å²) in [7, 11) is -1.31. The lowest BCUT2D eigenvalue weighted by Gasteiger charge is -2.35. The first-order valence-electron chi connectivity index (χ1n) is 13.0. The van der Waals surface area contributed by atoms with Gasteiger partial charge in [0, 0.05) is 44.3 Å². The van der Waals surface area contributed by atoms with Crippen molar-refractivity contribution in [1.82, 2.24) is 9.80 Å². The summed E-state index contributed by atoms with van der Waals surface area (Å²) in [6, 6.07) is 9.95. The van der Waals surface area contributed by atoms with Crippen LogP contribution in [0.15, 0.2) is 36.4 Å². The summed E-state index contributed by atoms with van der Waals surface area (Å²) < 4.78 is 11.3. The van der Waals surface area contributed by atoms with E-state index in [4.69, 9.17) is 26.8 Å². The van der Waals surface area contributed by atoms with Crippen molar-refractivity contribution in [2.24, 2.45) is 5.73 Å². The molecule has 1 saturated heterocycles. The number of likely N-dealkylation sites (tertiary alicyclic amines) is 1. The summed E-state index contributed by atoms with van der Waals surface area (Å²) >= 11 is 6.15. The van der Waals surface area contributed by atoms with Crippen LogP contribution in [0.1, 0.15) is 44.7 Å². The molecule has 2 aromatic rings. The molecule has 2 heterocycles. The molecule has 0 aliphatic carbocycles. The fourth-order valence-electron chi connectivity index (χ4n) is 4.52. The number of rotatable bonds is 9. The van der Waals surface area contributed by atoms with Gasteiger partial charge in [-0.1, -0.05) is 49.1 Å². The van der Waals surface area contributed by atoms with E-state index in [1.54, 1.807) is 18.2 Å². The summed E-state index contributed by atoms with van der Waals surface area (Å²) in [5.74, 6) is 4.79. The molecule has 2 aromatic carbocycles. The maximum absolute atomic E-state index is 13.3. The van der Waals surface area contributed by atoms with Crippen molar-refractivity contribution in [3.05, 3.63) is 63.7 Å². The first-order chi connectivity index (χ1) is 19.0. The monoisotopic (exact) mass is 581 g/mol. The zero-order valence-electron chi connectivity index (χ0n) is 22.8. The Balaban J connectivity index is 1.42. The molecule has 0 spiro atoms. The highest BCUT2D eigenvalue weighted by Gasteiger charge is 2.43. The van der Waals surface area contributed by atoms with Crippen LogP contribution in [0.2, 0.25) is 30.7 Å². The molecule has 0 radical (unpaired) electrons. The zero-order chi connectivity index (χ0) is 29.0. The van der Waals surface area contributed by atoms with E-state index >= 15 is 0 Å². The maximum Gasteiger partial charge on any atom is 0.255 e. The van der Waals surface area contributed by atoms with Crippen LogP contribution in [0, 0.1) is 11.8 Å². The number of halogens is 1. The van der Waals surface area contributed by atoms with Gasteiger partial charge in [0.25, 0.3) is 11.8 Å². The Labute approximate surface area is 239 Å². The van der Waals surface area contributed by atoms with E-state index in [1.807, 2.05) is 6.07 Å². The van der Waals surface area contributed by atoms with E-state index in [1.165, 1.54) is 17.0 Å². The number of hydrogen-bond donors (Lipinski definition) is 1. The molecule has 1 fully saturated rings. The molecule has 4 rings (SSSR count).